The van der Waals surface area contributed by atoms with Gasteiger partial charge in [-0.2, -0.15) is 18.2 Å². The van der Waals surface area contributed by atoms with E-state index in [-0.39, 0.29) is 18.6 Å². The van der Waals surface area contributed by atoms with Crippen molar-refractivity contribution in [3.05, 3.63) is 47.0 Å². The van der Waals surface area contributed by atoms with Gasteiger partial charge in [0.15, 0.2) is 6.61 Å². The van der Waals surface area contributed by atoms with Gasteiger partial charge in [0.25, 0.3) is 17.5 Å². The number of benzene rings is 1. The molecule has 0 unspecified atom stereocenters. The van der Waals surface area contributed by atoms with Crippen LogP contribution in [-0.2, 0) is 26.9 Å². The first kappa shape index (κ1) is 24.4. The van der Waals surface area contributed by atoms with Crippen LogP contribution in [0.25, 0.3) is 5.78 Å². The summed E-state index contributed by atoms with van der Waals surface area (Å²) in [4.78, 5) is 34.1. The zero-order valence-electron chi connectivity index (χ0n) is 19.4. The molecule has 0 spiro atoms. The number of anilines is 2. The number of nitrogens with zero attached hydrogens (tertiary/aromatic N) is 5. The number of halogens is 3. The lowest BCUT2D eigenvalue weighted by Crippen LogP contribution is -2.21. The Morgan fingerprint density at radius 1 is 1.09 bits per heavy atom. The smallest absolute Gasteiger partial charge is 0.453 e. The lowest BCUT2D eigenvalue weighted by molar-refractivity contribution is -0.147. The van der Waals surface area contributed by atoms with Crippen molar-refractivity contribution in [2.24, 2.45) is 0 Å². The average Bonchev–Trinajstić information content (AvgIpc) is 3.48. The number of nitrogens with one attached hydrogen (secondary N) is 1. The van der Waals surface area contributed by atoms with E-state index < -0.39 is 30.5 Å². The van der Waals surface area contributed by atoms with Gasteiger partial charge in [-0.15, -0.1) is 5.10 Å². The predicted molar refractivity (Wildman–Crippen MR) is 121 cm³/mol. The van der Waals surface area contributed by atoms with E-state index in [0.29, 0.717) is 22.6 Å². The van der Waals surface area contributed by atoms with Crippen molar-refractivity contribution in [1.29, 1.82) is 0 Å². The van der Waals surface area contributed by atoms with E-state index in [1.807, 2.05) is 12.1 Å². The molecule has 1 aromatic carbocycles. The van der Waals surface area contributed by atoms with Crippen LogP contribution in [0.4, 0.5) is 24.5 Å². The molecule has 1 amide bonds. The lowest BCUT2D eigenvalue weighted by atomic mass is 10.1. The molecule has 1 aliphatic rings. The molecule has 0 bridgehead atoms. The Morgan fingerprint density at radius 3 is 2.43 bits per heavy atom. The second kappa shape index (κ2) is 9.88. The van der Waals surface area contributed by atoms with E-state index in [1.54, 1.807) is 26.0 Å². The number of ether oxygens (including phenoxy) is 1. The van der Waals surface area contributed by atoms with Crippen molar-refractivity contribution in [3.63, 3.8) is 0 Å². The van der Waals surface area contributed by atoms with Gasteiger partial charge in [0.1, 0.15) is 0 Å². The van der Waals surface area contributed by atoms with Gasteiger partial charge >= 0.3 is 12.1 Å². The average molecular weight is 490 g/mol. The maximum absolute atomic E-state index is 12.9. The number of amides is 1. The molecular formula is C23H25F3N6O3. The first-order valence-corrected chi connectivity index (χ1v) is 11.2. The molecule has 1 aliphatic heterocycles. The molecule has 0 atom stereocenters. The third kappa shape index (κ3) is 5.69. The molecular weight excluding hydrogens is 465 g/mol. The zero-order valence-corrected chi connectivity index (χ0v) is 19.4. The van der Waals surface area contributed by atoms with Crippen LogP contribution >= 0.6 is 0 Å². The Hall–Kier alpha value is -3.70. The maximum Gasteiger partial charge on any atom is 0.453 e. The maximum atomic E-state index is 12.9. The normalized spacial score (nSPS) is 13.9. The molecule has 0 saturated carbocycles. The molecule has 1 fully saturated rings. The van der Waals surface area contributed by atoms with Gasteiger partial charge in [-0.25, -0.2) is 9.50 Å². The molecule has 0 radical (unpaired) electrons. The molecule has 1 saturated heterocycles. The fourth-order valence-electron chi connectivity index (χ4n) is 4.06. The van der Waals surface area contributed by atoms with Crippen molar-refractivity contribution in [3.8, 4) is 0 Å². The van der Waals surface area contributed by atoms with E-state index in [0.717, 1.165) is 23.3 Å². The van der Waals surface area contributed by atoms with Crippen LogP contribution in [0.3, 0.4) is 0 Å². The van der Waals surface area contributed by atoms with Crippen LogP contribution in [0, 0.1) is 13.8 Å². The summed E-state index contributed by atoms with van der Waals surface area (Å²) in [7, 11) is 0. The molecule has 3 heterocycles. The summed E-state index contributed by atoms with van der Waals surface area (Å²) >= 11 is 0. The van der Waals surface area contributed by atoms with E-state index in [2.05, 4.69) is 25.3 Å². The van der Waals surface area contributed by atoms with Crippen LogP contribution in [0.2, 0.25) is 0 Å². The topological polar surface area (TPSA) is 102 Å². The second-order valence-electron chi connectivity index (χ2n) is 8.36. The molecule has 2 aromatic heterocycles. The predicted octanol–water partition coefficient (Wildman–Crippen LogP) is 3.47. The number of aromatic nitrogens is 4. The van der Waals surface area contributed by atoms with Crippen molar-refractivity contribution < 1.29 is 27.5 Å². The Kier molecular flexibility index (Phi) is 6.90. The minimum absolute atomic E-state index is 0.0759. The number of hydrogen-bond donors (Lipinski definition) is 1. The molecule has 35 heavy (non-hydrogen) atoms. The van der Waals surface area contributed by atoms with Crippen LogP contribution in [0.1, 0.15) is 42.0 Å². The molecule has 4 rings (SSSR count). The van der Waals surface area contributed by atoms with Crippen molar-refractivity contribution in [2.45, 2.75) is 45.7 Å². The number of esters is 1. The van der Waals surface area contributed by atoms with Gasteiger partial charge < -0.3 is 15.0 Å². The number of aryl methyl sites for hydroxylation is 2. The van der Waals surface area contributed by atoms with Gasteiger partial charge in [0.05, 0.1) is 0 Å². The van der Waals surface area contributed by atoms with E-state index in [4.69, 9.17) is 4.74 Å². The lowest BCUT2D eigenvalue weighted by Gasteiger charge is -2.17. The van der Waals surface area contributed by atoms with E-state index in [1.165, 1.54) is 12.8 Å². The summed E-state index contributed by atoms with van der Waals surface area (Å²) in [6.07, 6.45) is -2.25. The van der Waals surface area contributed by atoms with Crippen molar-refractivity contribution >= 4 is 29.0 Å². The SMILES string of the molecule is Cc1nc2nc(C(F)(F)F)nn2c(C)c1CCC(=O)OCC(=O)Nc1ccc(N2CCCC2)cc1. The fourth-order valence-corrected chi connectivity index (χ4v) is 4.06. The highest BCUT2D eigenvalue weighted by Gasteiger charge is 2.37. The second-order valence-corrected chi connectivity index (χ2v) is 8.36. The highest BCUT2D eigenvalue weighted by Crippen LogP contribution is 2.27. The minimum Gasteiger partial charge on any atom is -0.456 e. The Balaban J connectivity index is 1.29. The van der Waals surface area contributed by atoms with Gasteiger partial charge in [0, 0.05) is 42.3 Å². The fraction of sp³-hybridized carbons (Fsp3) is 0.435. The summed E-state index contributed by atoms with van der Waals surface area (Å²) < 4.78 is 44.8. The van der Waals surface area contributed by atoms with E-state index >= 15 is 0 Å². The van der Waals surface area contributed by atoms with Crippen LogP contribution in [0.15, 0.2) is 24.3 Å². The number of hydrogen-bond acceptors (Lipinski definition) is 7. The van der Waals surface area contributed by atoms with Crippen LogP contribution in [0.5, 0.6) is 0 Å². The van der Waals surface area contributed by atoms with Gasteiger partial charge in [-0.05, 0) is 62.9 Å². The van der Waals surface area contributed by atoms with Gasteiger partial charge in [0.2, 0.25) is 0 Å². The van der Waals surface area contributed by atoms with E-state index in [9.17, 15) is 22.8 Å². The molecule has 3 aromatic rings. The summed E-state index contributed by atoms with van der Waals surface area (Å²) in [5.41, 5.74) is 3.12. The number of carbonyl (C=O) groups is 2. The van der Waals surface area contributed by atoms with Crippen LogP contribution < -0.4 is 10.2 Å². The monoisotopic (exact) mass is 490 g/mol. The van der Waals surface area contributed by atoms with Crippen molar-refractivity contribution in [2.75, 3.05) is 29.9 Å². The largest absolute Gasteiger partial charge is 0.456 e. The first-order valence-electron chi connectivity index (χ1n) is 11.2. The highest BCUT2D eigenvalue weighted by atomic mass is 19.4. The van der Waals surface area contributed by atoms with Crippen LogP contribution in [-0.4, -0.2) is 51.2 Å². The van der Waals surface area contributed by atoms with Gasteiger partial charge in [-0.3, -0.25) is 9.59 Å². The number of alkyl halides is 3. The molecule has 186 valence electrons. The summed E-state index contributed by atoms with van der Waals surface area (Å²) in [6, 6.07) is 7.48. The number of fused-ring (bicyclic) bond motifs is 1. The standard InChI is InChI=1S/C23H25F3N6O3/c1-14-18(15(2)32-22(27-14)29-21(30-32)23(24,25)26)9-10-20(34)35-13-19(33)28-16-5-7-17(8-6-16)31-11-3-4-12-31/h5-8H,3-4,9-13H2,1-2H3,(H,28,33). The first-order chi connectivity index (χ1) is 16.6. The Bertz CT molecular complexity index is 1230. The molecule has 1 N–H and O–H groups in total. The molecule has 12 heteroatoms. The molecule has 9 nitrogen and oxygen atoms in total. The number of rotatable bonds is 7. The third-order valence-corrected chi connectivity index (χ3v) is 5.87. The summed E-state index contributed by atoms with van der Waals surface area (Å²) in [5.74, 6) is -2.52. The summed E-state index contributed by atoms with van der Waals surface area (Å²) in [5, 5.41) is 6.17. The Morgan fingerprint density at radius 2 is 1.77 bits per heavy atom. The highest BCUT2D eigenvalue weighted by molar-refractivity contribution is 5.93. The number of carbonyl (C=O) groups excluding carboxylic acids is 2. The van der Waals surface area contributed by atoms with Gasteiger partial charge in [-0.1, -0.05) is 0 Å². The third-order valence-electron chi connectivity index (χ3n) is 5.87. The quantitative estimate of drug-likeness (QED) is 0.506. The zero-order chi connectivity index (χ0) is 25.2. The Labute approximate surface area is 199 Å². The summed E-state index contributed by atoms with van der Waals surface area (Å²) in [6.45, 7) is 4.81. The van der Waals surface area contributed by atoms with Crippen molar-refractivity contribution in [1.82, 2.24) is 19.6 Å². The molecule has 0 aliphatic carbocycles. The minimum atomic E-state index is -4.69.